The smallest absolute Gasteiger partial charge is 0.133 e. The van der Waals surface area contributed by atoms with Crippen LogP contribution in [0.3, 0.4) is 0 Å². The number of hydrogen-bond acceptors (Lipinski definition) is 2. The van der Waals surface area contributed by atoms with E-state index < -0.39 is 0 Å². The molecule has 1 aromatic rings. The van der Waals surface area contributed by atoms with Gasteiger partial charge in [-0.25, -0.2) is 0 Å². The van der Waals surface area contributed by atoms with E-state index in [1.54, 1.807) is 7.11 Å². The maximum absolute atomic E-state index is 11.7. The zero-order valence-corrected chi connectivity index (χ0v) is 11.2. The van der Waals surface area contributed by atoms with Crippen molar-refractivity contribution in [1.29, 1.82) is 0 Å². The number of methoxy groups -OCH3 is 1. The van der Waals surface area contributed by atoms with Crippen LogP contribution < -0.4 is 4.74 Å². The summed E-state index contributed by atoms with van der Waals surface area (Å²) in [5, 5.41) is 0. The van der Waals surface area contributed by atoms with Crippen molar-refractivity contribution in [3.63, 3.8) is 0 Å². The third-order valence-electron chi connectivity index (χ3n) is 5.01. The van der Waals surface area contributed by atoms with Gasteiger partial charge < -0.3 is 4.74 Å². The second kappa shape index (κ2) is 4.11. The summed E-state index contributed by atoms with van der Waals surface area (Å²) in [6.45, 7) is 2.33. The number of carbonyl (C=O) groups excluding carboxylic acids is 1. The van der Waals surface area contributed by atoms with Gasteiger partial charge in [0.25, 0.3) is 0 Å². The molecule has 0 bridgehead atoms. The molecule has 1 saturated carbocycles. The Morgan fingerprint density at radius 2 is 2.17 bits per heavy atom. The summed E-state index contributed by atoms with van der Waals surface area (Å²) < 4.78 is 5.49. The maximum atomic E-state index is 11.7. The van der Waals surface area contributed by atoms with Crippen molar-refractivity contribution in [2.45, 2.75) is 44.4 Å². The van der Waals surface area contributed by atoms with E-state index in [-0.39, 0.29) is 5.41 Å². The molecule has 1 fully saturated rings. The predicted molar refractivity (Wildman–Crippen MR) is 71.0 cm³/mol. The highest BCUT2D eigenvalue weighted by molar-refractivity contribution is 5.80. The molecule has 0 N–H and O–H groups in total. The number of ether oxygens (including phenoxy) is 1. The van der Waals surface area contributed by atoms with Crippen LogP contribution in [0.1, 0.15) is 43.7 Å². The van der Waals surface area contributed by atoms with Gasteiger partial charge in [-0.15, -0.1) is 0 Å². The highest BCUT2D eigenvalue weighted by atomic mass is 16.5. The predicted octanol–water partition coefficient (Wildman–Crippen LogP) is 3.27. The second-order valence-corrected chi connectivity index (χ2v) is 5.88. The Bertz CT molecular complexity index is 492. The summed E-state index contributed by atoms with van der Waals surface area (Å²) in [5.41, 5.74) is 2.97. The molecule has 0 radical (unpaired) electrons. The summed E-state index contributed by atoms with van der Waals surface area (Å²) in [5.74, 6) is 1.99. The van der Waals surface area contributed by atoms with Gasteiger partial charge in [-0.2, -0.15) is 0 Å². The lowest BCUT2D eigenvalue weighted by Crippen LogP contribution is -2.41. The number of rotatable bonds is 1. The first-order valence-electron chi connectivity index (χ1n) is 6.83. The lowest BCUT2D eigenvalue weighted by Gasteiger charge is -2.46. The van der Waals surface area contributed by atoms with E-state index in [1.165, 1.54) is 11.1 Å². The summed E-state index contributed by atoms with van der Waals surface area (Å²) >= 11 is 0. The largest absolute Gasteiger partial charge is 0.496 e. The van der Waals surface area contributed by atoms with Crippen molar-refractivity contribution < 1.29 is 9.53 Å². The van der Waals surface area contributed by atoms with Crippen LogP contribution in [0.4, 0.5) is 0 Å². The highest BCUT2D eigenvalue weighted by Crippen LogP contribution is 2.50. The maximum Gasteiger partial charge on any atom is 0.133 e. The lowest BCUT2D eigenvalue weighted by molar-refractivity contribution is -0.123. The van der Waals surface area contributed by atoms with Crippen LogP contribution in [0.15, 0.2) is 18.2 Å². The topological polar surface area (TPSA) is 26.3 Å². The number of Topliss-reactive ketones (excluding diaryl/α,β-unsaturated/α-hetero) is 1. The van der Waals surface area contributed by atoms with E-state index in [4.69, 9.17) is 4.74 Å². The van der Waals surface area contributed by atoms with Crippen LogP contribution >= 0.6 is 0 Å². The Balaban J connectivity index is 2.09. The fourth-order valence-electron chi connectivity index (χ4n) is 3.85. The van der Waals surface area contributed by atoms with Crippen molar-refractivity contribution >= 4 is 5.78 Å². The van der Waals surface area contributed by atoms with Gasteiger partial charge in [-0.1, -0.05) is 19.1 Å². The van der Waals surface area contributed by atoms with Gasteiger partial charge in [0, 0.05) is 12.8 Å². The van der Waals surface area contributed by atoms with Crippen molar-refractivity contribution in [1.82, 2.24) is 0 Å². The third-order valence-corrected chi connectivity index (χ3v) is 5.01. The SMILES string of the molecule is COc1cccc2c1CC[C@@H]1CC(=O)CC[C@]21C. The minimum atomic E-state index is 0.177. The first kappa shape index (κ1) is 11.8. The first-order valence-corrected chi connectivity index (χ1v) is 6.83. The number of hydrogen-bond donors (Lipinski definition) is 0. The molecule has 0 unspecified atom stereocenters. The van der Waals surface area contributed by atoms with E-state index >= 15 is 0 Å². The van der Waals surface area contributed by atoms with E-state index in [9.17, 15) is 4.79 Å². The van der Waals surface area contributed by atoms with Gasteiger partial charge in [0.2, 0.25) is 0 Å². The summed E-state index contributed by atoms with van der Waals surface area (Å²) in [7, 11) is 1.74. The van der Waals surface area contributed by atoms with Crippen molar-refractivity contribution in [3.8, 4) is 5.75 Å². The summed E-state index contributed by atoms with van der Waals surface area (Å²) in [6, 6.07) is 6.37. The van der Waals surface area contributed by atoms with Crippen LogP contribution in [0.25, 0.3) is 0 Å². The van der Waals surface area contributed by atoms with Crippen LogP contribution in [-0.4, -0.2) is 12.9 Å². The second-order valence-electron chi connectivity index (χ2n) is 5.88. The monoisotopic (exact) mass is 244 g/mol. The molecule has 2 aliphatic carbocycles. The minimum absolute atomic E-state index is 0.177. The normalized spacial score (nSPS) is 30.6. The fraction of sp³-hybridized carbons (Fsp3) is 0.562. The minimum Gasteiger partial charge on any atom is -0.496 e. The molecule has 3 rings (SSSR count). The van der Waals surface area contributed by atoms with E-state index in [1.807, 2.05) is 0 Å². The standard InChI is InChI=1S/C16H20O2/c1-16-9-8-12(17)10-11(16)6-7-13-14(16)4-3-5-15(13)18-2/h3-5,11H,6-10H2,1-2H3/t11-,16+/m1/s1. The molecule has 2 aliphatic rings. The molecule has 0 aromatic heterocycles. The quantitative estimate of drug-likeness (QED) is 0.758. The zero-order chi connectivity index (χ0) is 12.8. The van der Waals surface area contributed by atoms with Gasteiger partial charge in [0.1, 0.15) is 11.5 Å². The molecular formula is C16H20O2. The van der Waals surface area contributed by atoms with Crippen LogP contribution in [0.5, 0.6) is 5.75 Å². The molecule has 2 heteroatoms. The molecule has 96 valence electrons. The van der Waals surface area contributed by atoms with Crippen LogP contribution in [-0.2, 0) is 16.6 Å². The molecule has 0 heterocycles. The third kappa shape index (κ3) is 1.58. The number of ketones is 1. The Hall–Kier alpha value is -1.31. The van der Waals surface area contributed by atoms with Gasteiger partial charge in [0.15, 0.2) is 0 Å². The average Bonchev–Trinajstić information content (AvgIpc) is 2.39. The molecule has 18 heavy (non-hydrogen) atoms. The molecule has 1 aromatic carbocycles. The van der Waals surface area contributed by atoms with Crippen molar-refractivity contribution in [2.75, 3.05) is 7.11 Å². The fourth-order valence-corrected chi connectivity index (χ4v) is 3.85. The Morgan fingerprint density at radius 1 is 1.33 bits per heavy atom. The lowest BCUT2D eigenvalue weighted by atomic mass is 9.58. The average molecular weight is 244 g/mol. The van der Waals surface area contributed by atoms with Gasteiger partial charge in [-0.3, -0.25) is 4.79 Å². The zero-order valence-electron chi connectivity index (χ0n) is 11.2. The van der Waals surface area contributed by atoms with Gasteiger partial charge in [0.05, 0.1) is 7.11 Å². The van der Waals surface area contributed by atoms with Gasteiger partial charge in [-0.05, 0) is 47.8 Å². The Labute approximate surface area is 108 Å². The van der Waals surface area contributed by atoms with Crippen LogP contribution in [0.2, 0.25) is 0 Å². The highest BCUT2D eigenvalue weighted by Gasteiger charge is 2.44. The Morgan fingerprint density at radius 3 is 2.94 bits per heavy atom. The Kier molecular flexibility index (Phi) is 2.69. The molecule has 0 amide bonds. The number of fused-ring (bicyclic) bond motifs is 3. The molecule has 0 spiro atoms. The summed E-state index contributed by atoms with van der Waals surface area (Å²) in [4.78, 5) is 11.7. The van der Waals surface area contributed by atoms with E-state index in [0.717, 1.165) is 37.9 Å². The number of carbonyl (C=O) groups is 1. The number of benzene rings is 1. The molecule has 2 atom stereocenters. The summed E-state index contributed by atoms with van der Waals surface area (Å²) in [6.07, 6.45) is 4.68. The first-order chi connectivity index (χ1) is 8.65. The molecule has 2 nitrogen and oxygen atoms in total. The molecular weight excluding hydrogens is 224 g/mol. The van der Waals surface area contributed by atoms with Crippen LogP contribution in [0, 0.1) is 5.92 Å². The van der Waals surface area contributed by atoms with Gasteiger partial charge >= 0.3 is 0 Å². The molecule has 0 saturated heterocycles. The van der Waals surface area contributed by atoms with Crippen molar-refractivity contribution in [3.05, 3.63) is 29.3 Å². The van der Waals surface area contributed by atoms with Crippen molar-refractivity contribution in [2.24, 2.45) is 5.92 Å². The van der Waals surface area contributed by atoms with E-state index in [0.29, 0.717) is 11.7 Å². The molecule has 0 aliphatic heterocycles. The van der Waals surface area contributed by atoms with E-state index in [2.05, 4.69) is 25.1 Å².